The summed E-state index contributed by atoms with van der Waals surface area (Å²) in [4.78, 5) is 0. The molecule has 31 heavy (non-hydrogen) atoms. The normalized spacial score (nSPS) is 23.8. The predicted octanol–water partition coefficient (Wildman–Crippen LogP) is 7.70. The molecule has 3 nitrogen and oxygen atoms in total. The minimum atomic E-state index is -1.94. The summed E-state index contributed by atoms with van der Waals surface area (Å²) in [7, 11) is -3.82. The molecule has 0 radical (unpaired) electrons. The molecule has 0 saturated heterocycles. The molecular weight excluding hydrogens is 416 g/mol. The molecule has 1 aliphatic rings. The van der Waals surface area contributed by atoms with E-state index >= 15 is 0 Å². The van der Waals surface area contributed by atoms with Crippen molar-refractivity contribution >= 4 is 16.6 Å². The molecule has 1 aromatic carbocycles. The van der Waals surface area contributed by atoms with Crippen LogP contribution in [-0.2, 0) is 20.2 Å². The molecule has 0 spiro atoms. The Bertz CT molecular complexity index is 729. The summed E-state index contributed by atoms with van der Waals surface area (Å²) in [6.07, 6.45) is 1.82. The van der Waals surface area contributed by atoms with Crippen LogP contribution in [0.15, 0.2) is 42.5 Å². The van der Waals surface area contributed by atoms with E-state index in [1.165, 1.54) is 5.56 Å². The lowest BCUT2D eigenvalue weighted by Gasteiger charge is -2.46. The van der Waals surface area contributed by atoms with Gasteiger partial charge in [0.25, 0.3) is 0 Å². The van der Waals surface area contributed by atoms with Crippen LogP contribution in [-0.4, -0.2) is 34.9 Å². The van der Waals surface area contributed by atoms with Crippen molar-refractivity contribution < 1.29 is 13.6 Å². The second-order valence-corrected chi connectivity index (χ2v) is 21.7. The summed E-state index contributed by atoms with van der Waals surface area (Å²) in [6, 6.07) is 10.4. The molecule has 5 heteroatoms. The first-order chi connectivity index (χ1) is 14.0. The highest BCUT2D eigenvalue weighted by Gasteiger charge is 2.45. The Morgan fingerprint density at radius 1 is 0.806 bits per heavy atom. The average Bonchev–Trinajstić information content (AvgIpc) is 2.61. The highest BCUT2D eigenvalue weighted by Crippen LogP contribution is 2.43. The van der Waals surface area contributed by atoms with E-state index in [2.05, 4.69) is 98.6 Å². The molecule has 0 amide bonds. The van der Waals surface area contributed by atoms with E-state index in [9.17, 15) is 0 Å². The van der Waals surface area contributed by atoms with Gasteiger partial charge in [-0.15, -0.1) is 0 Å². The molecule has 0 unspecified atom stereocenters. The maximum absolute atomic E-state index is 6.86. The van der Waals surface area contributed by atoms with Crippen LogP contribution >= 0.6 is 0 Å². The zero-order valence-electron chi connectivity index (χ0n) is 21.7. The maximum Gasteiger partial charge on any atom is 0.192 e. The summed E-state index contributed by atoms with van der Waals surface area (Å²) in [6.45, 7) is 28.1. The van der Waals surface area contributed by atoms with E-state index in [1.54, 1.807) is 0 Å². The van der Waals surface area contributed by atoms with Crippen molar-refractivity contribution in [2.75, 3.05) is 0 Å². The van der Waals surface area contributed by atoms with E-state index in [-0.39, 0.29) is 28.4 Å². The van der Waals surface area contributed by atoms with Gasteiger partial charge in [-0.3, -0.25) is 0 Å². The number of rotatable bonds is 7. The van der Waals surface area contributed by atoms with Crippen molar-refractivity contribution in [3.63, 3.8) is 0 Å². The smallest absolute Gasteiger partial charge is 0.192 e. The fraction of sp³-hybridized carbons (Fsp3) is 0.692. The Hall–Kier alpha value is -0.726. The largest absolute Gasteiger partial charge is 0.414 e. The van der Waals surface area contributed by atoms with Gasteiger partial charge in [-0.05, 0) is 47.4 Å². The molecule has 0 aliphatic heterocycles. The van der Waals surface area contributed by atoms with Gasteiger partial charge in [-0.25, -0.2) is 0 Å². The van der Waals surface area contributed by atoms with Gasteiger partial charge in [0.15, 0.2) is 16.6 Å². The van der Waals surface area contributed by atoms with Crippen LogP contribution in [0.1, 0.15) is 59.9 Å². The van der Waals surface area contributed by atoms with Crippen LogP contribution in [0.3, 0.4) is 0 Å². The maximum atomic E-state index is 6.86. The Kier molecular flexibility index (Phi) is 8.25. The van der Waals surface area contributed by atoms with Crippen molar-refractivity contribution in [2.45, 2.75) is 116 Å². The molecule has 176 valence electrons. The lowest BCUT2D eigenvalue weighted by molar-refractivity contribution is -0.0190. The number of hydrogen-bond donors (Lipinski definition) is 0. The first kappa shape index (κ1) is 26.5. The van der Waals surface area contributed by atoms with Crippen LogP contribution in [0.25, 0.3) is 0 Å². The first-order valence-electron chi connectivity index (χ1n) is 11.7. The number of ether oxygens (including phenoxy) is 1. The zero-order chi connectivity index (χ0) is 23.7. The van der Waals surface area contributed by atoms with E-state index in [4.69, 9.17) is 13.6 Å². The Morgan fingerprint density at radius 2 is 1.29 bits per heavy atom. The summed E-state index contributed by atoms with van der Waals surface area (Å²) in [5, 5.41) is 0.332. The van der Waals surface area contributed by atoms with Crippen molar-refractivity contribution in [2.24, 2.45) is 0 Å². The third-order valence-electron chi connectivity index (χ3n) is 7.59. The minimum Gasteiger partial charge on any atom is -0.414 e. The van der Waals surface area contributed by atoms with Gasteiger partial charge in [-0.1, -0.05) is 78.5 Å². The summed E-state index contributed by atoms with van der Waals surface area (Å²) in [5.74, 6) is 0. The number of benzene rings is 1. The van der Waals surface area contributed by atoms with Gasteiger partial charge >= 0.3 is 0 Å². The standard InChI is InChI=1S/C26H46O3Si2/c1-20-23(27-19-21-15-13-12-14-16-21)17-22(28-30(8,9)25(2,3)4)18-24(20)29-31(10,11)26(5,6)7/h12-16,22-24H,1,17-19H2,2-11H3/t22-,23-,24+/m1/s1. The molecule has 1 fully saturated rings. The fourth-order valence-electron chi connectivity index (χ4n) is 3.38. The van der Waals surface area contributed by atoms with Gasteiger partial charge in [0, 0.05) is 12.8 Å². The zero-order valence-corrected chi connectivity index (χ0v) is 23.7. The van der Waals surface area contributed by atoms with E-state index in [0.29, 0.717) is 6.61 Å². The van der Waals surface area contributed by atoms with Crippen LogP contribution in [0.4, 0.5) is 0 Å². The van der Waals surface area contributed by atoms with E-state index in [0.717, 1.165) is 18.4 Å². The minimum absolute atomic E-state index is 0.00909. The summed E-state index contributed by atoms with van der Waals surface area (Å²) < 4.78 is 20.1. The molecular formula is C26H46O3Si2. The quantitative estimate of drug-likeness (QED) is 0.307. The SMILES string of the molecule is C=C1[C@@H](O[Si](C)(C)C(C)(C)C)C[C@H](O[Si](C)(C)C(C)(C)C)C[C@H]1OCc1ccccc1. The lowest BCUT2D eigenvalue weighted by Crippen LogP contribution is -2.51. The van der Waals surface area contributed by atoms with Crippen LogP contribution in [0.2, 0.25) is 36.3 Å². The molecule has 0 bridgehead atoms. The Balaban J connectivity index is 2.22. The summed E-state index contributed by atoms with van der Waals surface area (Å²) >= 11 is 0. The topological polar surface area (TPSA) is 27.7 Å². The van der Waals surface area contributed by atoms with Crippen molar-refractivity contribution in [1.82, 2.24) is 0 Å². The first-order valence-corrected chi connectivity index (χ1v) is 17.5. The van der Waals surface area contributed by atoms with Crippen LogP contribution < -0.4 is 0 Å². The van der Waals surface area contributed by atoms with Crippen molar-refractivity contribution in [3.8, 4) is 0 Å². The van der Waals surface area contributed by atoms with Crippen LogP contribution in [0.5, 0.6) is 0 Å². The van der Waals surface area contributed by atoms with Gasteiger partial charge in [0.2, 0.25) is 0 Å². The van der Waals surface area contributed by atoms with E-state index in [1.807, 2.05) is 6.07 Å². The molecule has 1 saturated carbocycles. The molecule has 0 heterocycles. The third kappa shape index (κ3) is 6.88. The van der Waals surface area contributed by atoms with Gasteiger partial charge < -0.3 is 13.6 Å². The third-order valence-corrected chi connectivity index (χ3v) is 16.6. The molecule has 0 N–H and O–H groups in total. The van der Waals surface area contributed by atoms with Gasteiger partial charge in [-0.2, -0.15) is 0 Å². The Morgan fingerprint density at radius 3 is 1.81 bits per heavy atom. The molecule has 1 aliphatic carbocycles. The molecule has 1 aromatic rings. The second-order valence-electron chi connectivity index (χ2n) is 12.2. The predicted molar refractivity (Wildman–Crippen MR) is 138 cm³/mol. The van der Waals surface area contributed by atoms with Crippen molar-refractivity contribution in [3.05, 3.63) is 48.0 Å². The summed E-state index contributed by atoms with van der Waals surface area (Å²) in [5.41, 5.74) is 2.26. The van der Waals surface area contributed by atoms with E-state index < -0.39 is 16.6 Å². The second kappa shape index (κ2) is 9.64. The fourth-order valence-corrected chi connectivity index (χ4v) is 6.07. The van der Waals surface area contributed by atoms with Crippen molar-refractivity contribution in [1.29, 1.82) is 0 Å². The van der Waals surface area contributed by atoms with Gasteiger partial charge in [0.05, 0.1) is 24.9 Å². The molecule has 3 atom stereocenters. The Labute approximate surface area is 193 Å². The highest BCUT2D eigenvalue weighted by molar-refractivity contribution is 6.74. The monoisotopic (exact) mass is 462 g/mol. The van der Waals surface area contributed by atoms with Crippen LogP contribution in [0, 0.1) is 0 Å². The lowest BCUT2D eigenvalue weighted by atomic mass is 9.88. The molecule has 2 rings (SSSR count). The number of hydrogen-bond acceptors (Lipinski definition) is 3. The molecule has 0 aromatic heterocycles. The highest BCUT2D eigenvalue weighted by atomic mass is 28.4. The average molecular weight is 463 g/mol. The van der Waals surface area contributed by atoms with Gasteiger partial charge in [0.1, 0.15) is 0 Å².